The molecule has 22 heteroatoms. The molecule has 0 aromatic rings. The summed E-state index contributed by atoms with van der Waals surface area (Å²) in [6.07, 6.45) is -18.1. The lowest BCUT2D eigenvalue weighted by molar-refractivity contribution is -0.313. The average Bonchev–Trinajstić information content (AvgIpc) is 2.92. The summed E-state index contributed by atoms with van der Waals surface area (Å²) in [7, 11) is -16.1. The lowest BCUT2D eigenvalue weighted by Crippen LogP contribution is -2.61. The van der Waals surface area contributed by atoms with Gasteiger partial charge in [-0.2, -0.15) is 0 Å². The van der Waals surface area contributed by atoms with Crippen LogP contribution in [0.3, 0.4) is 0 Å². The second kappa shape index (κ2) is 11.0. The summed E-state index contributed by atoms with van der Waals surface area (Å²) in [6, 6.07) is 0. The minimum absolute atomic E-state index is 0.915. The molecule has 196 valence electrons. The van der Waals surface area contributed by atoms with Gasteiger partial charge in [-0.25, -0.2) is 13.7 Å². The smallest absolute Gasteiger partial charge is 0.394 e. The number of aliphatic hydroxyl groups is 4. The molecule has 0 saturated carbocycles. The van der Waals surface area contributed by atoms with E-state index in [1.807, 2.05) is 0 Å². The summed E-state index contributed by atoms with van der Waals surface area (Å²) in [4.78, 5) is 54.3. The highest BCUT2D eigenvalue weighted by molar-refractivity contribution is 7.46. The molecule has 2 heterocycles. The van der Waals surface area contributed by atoms with Crippen molar-refractivity contribution in [2.45, 2.75) is 55.3 Å². The van der Waals surface area contributed by atoms with Crippen LogP contribution in [0.15, 0.2) is 0 Å². The Hall–Kier alpha value is 0.0500. The molecule has 2 aliphatic rings. The molecule has 2 aliphatic heterocycles. The van der Waals surface area contributed by atoms with Gasteiger partial charge in [0.2, 0.25) is 0 Å². The van der Waals surface area contributed by atoms with E-state index in [1.54, 1.807) is 0 Å². The van der Waals surface area contributed by atoms with Gasteiger partial charge in [-0.3, -0.25) is 13.6 Å². The fraction of sp³-hybridized carbons (Fsp3) is 1.00. The molecular formula is C11H23O19P3. The van der Waals surface area contributed by atoms with Crippen LogP contribution in [0.4, 0.5) is 0 Å². The molecule has 0 radical (unpaired) electrons. The van der Waals surface area contributed by atoms with Crippen molar-refractivity contribution in [1.82, 2.24) is 0 Å². The maximum atomic E-state index is 11.3. The molecule has 10 N–H and O–H groups in total. The number of hydrogen-bond acceptors (Lipinski definition) is 13. The highest BCUT2D eigenvalue weighted by Crippen LogP contribution is 2.47. The number of hydrogen-bond donors (Lipinski definition) is 10. The van der Waals surface area contributed by atoms with E-state index in [2.05, 4.69) is 13.6 Å². The third-order valence-corrected chi connectivity index (χ3v) is 5.88. The SMILES string of the molecule is O=P(O)(O)OC1C(O)OC(CO)C1OC1OC(CO)C(OP(=O)(O)O)C(OP(=O)(O)O)C1O. The van der Waals surface area contributed by atoms with Crippen molar-refractivity contribution in [2.75, 3.05) is 13.2 Å². The predicted molar refractivity (Wildman–Crippen MR) is 95.3 cm³/mol. The number of phosphoric ester groups is 3. The van der Waals surface area contributed by atoms with Crippen LogP contribution >= 0.6 is 23.5 Å². The topological polar surface area (TPSA) is 309 Å². The van der Waals surface area contributed by atoms with Crippen molar-refractivity contribution in [3.63, 3.8) is 0 Å². The van der Waals surface area contributed by atoms with Crippen LogP contribution in [-0.2, 0) is 41.5 Å². The maximum absolute atomic E-state index is 11.3. The summed E-state index contributed by atoms with van der Waals surface area (Å²) >= 11 is 0. The second-order valence-electron chi connectivity index (χ2n) is 6.75. The van der Waals surface area contributed by atoms with Crippen molar-refractivity contribution in [3.8, 4) is 0 Å². The zero-order valence-corrected chi connectivity index (χ0v) is 18.8. The second-order valence-corrected chi connectivity index (χ2v) is 10.3. The molecule has 33 heavy (non-hydrogen) atoms. The van der Waals surface area contributed by atoms with E-state index in [0.717, 1.165) is 0 Å². The van der Waals surface area contributed by atoms with Crippen LogP contribution in [-0.4, -0.2) is 118 Å². The summed E-state index contributed by atoms with van der Waals surface area (Å²) in [5.41, 5.74) is 0. The average molecular weight is 552 g/mol. The molecular weight excluding hydrogens is 529 g/mol. The molecule has 2 rings (SSSR count). The van der Waals surface area contributed by atoms with Gasteiger partial charge in [-0.15, -0.1) is 0 Å². The first kappa shape index (κ1) is 29.3. The fourth-order valence-electron chi connectivity index (χ4n) is 3.16. The molecule has 0 bridgehead atoms. The molecule has 9 atom stereocenters. The predicted octanol–water partition coefficient (Wildman–Crippen LogP) is -4.41. The summed E-state index contributed by atoms with van der Waals surface area (Å²) < 4.78 is 62.1. The first-order valence-electron chi connectivity index (χ1n) is 8.72. The molecule has 2 saturated heterocycles. The number of aliphatic hydroxyl groups excluding tert-OH is 4. The summed E-state index contributed by atoms with van der Waals surface area (Å²) in [5.74, 6) is 0. The van der Waals surface area contributed by atoms with E-state index in [0.29, 0.717) is 0 Å². The normalized spacial score (nSPS) is 38.5. The standard InChI is InChI=1S/C11H23O19P3/c12-1-3-6(9(10(15)25-3)30-33(22,23)24)27-11-5(14)8(29-32(19,20)21)7(4(2-13)26-11)28-31(16,17)18/h3-15H,1-2H2,(H2,16,17,18)(H2,19,20,21)(H2,22,23,24). The first-order chi connectivity index (χ1) is 15.0. The van der Waals surface area contributed by atoms with Crippen LogP contribution in [0.2, 0.25) is 0 Å². The van der Waals surface area contributed by atoms with E-state index >= 15 is 0 Å². The maximum Gasteiger partial charge on any atom is 0.470 e. The van der Waals surface area contributed by atoms with E-state index < -0.39 is 92.0 Å². The molecule has 0 aromatic carbocycles. The zero-order chi connectivity index (χ0) is 25.4. The van der Waals surface area contributed by atoms with Crippen LogP contribution in [0.1, 0.15) is 0 Å². The Kier molecular flexibility index (Phi) is 9.74. The van der Waals surface area contributed by atoms with Gasteiger partial charge in [0, 0.05) is 0 Å². The monoisotopic (exact) mass is 552 g/mol. The van der Waals surface area contributed by atoms with Crippen molar-refractivity contribution < 1.29 is 91.3 Å². The van der Waals surface area contributed by atoms with E-state index in [1.165, 1.54) is 0 Å². The van der Waals surface area contributed by atoms with Gasteiger partial charge in [-0.1, -0.05) is 0 Å². The lowest BCUT2D eigenvalue weighted by atomic mass is 9.99. The summed E-state index contributed by atoms with van der Waals surface area (Å²) in [6.45, 7) is -2.03. The Labute approximate surface area is 184 Å². The van der Waals surface area contributed by atoms with Gasteiger partial charge in [0.25, 0.3) is 0 Å². The Morgan fingerprint density at radius 2 is 1.06 bits per heavy atom. The van der Waals surface area contributed by atoms with Crippen LogP contribution in [0.5, 0.6) is 0 Å². The van der Waals surface area contributed by atoms with E-state index in [4.69, 9.17) is 43.6 Å². The highest BCUT2D eigenvalue weighted by atomic mass is 31.2. The largest absolute Gasteiger partial charge is 0.470 e. The Morgan fingerprint density at radius 3 is 1.52 bits per heavy atom. The quantitative estimate of drug-likeness (QED) is 0.114. The molecule has 2 fully saturated rings. The number of ether oxygens (including phenoxy) is 3. The number of phosphoric acid groups is 3. The minimum atomic E-state index is -5.46. The van der Waals surface area contributed by atoms with E-state index in [9.17, 15) is 34.1 Å². The van der Waals surface area contributed by atoms with Gasteiger partial charge >= 0.3 is 23.5 Å². The third-order valence-electron chi connectivity index (χ3n) is 4.33. The molecule has 0 aliphatic carbocycles. The van der Waals surface area contributed by atoms with Gasteiger partial charge < -0.3 is 64.0 Å². The third kappa shape index (κ3) is 8.30. The van der Waals surface area contributed by atoms with Crippen molar-refractivity contribution in [1.29, 1.82) is 0 Å². The zero-order valence-electron chi connectivity index (χ0n) is 16.1. The van der Waals surface area contributed by atoms with Gasteiger partial charge in [0.1, 0.15) is 42.7 Å². The molecule has 0 amide bonds. The van der Waals surface area contributed by atoms with Crippen LogP contribution in [0.25, 0.3) is 0 Å². The lowest BCUT2D eigenvalue weighted by Gasteiger charge is -2.44. The van der Waals surface area contributed by atoms with E-state index in [-0.39, 0.29) is 0 Å². The molecule has 9 unspecified atom stereocenters. The van der Waals surface area contributed by atoms with Crippen LogP contribution in [0, 0.1) is 0 Å². The Morgan fingerprint density at radius 1 is 0.636 bits per heavy atom. The highest BCUT2D eigenvalue weighted by Gasteiger charge is 2.55. The number of rotatable bonds is 10. The fourth-order valence-corrected chi connectivity index (χ4v) is 4.84. The minimum Gasteiger partial charge on any atom is -0.394 e. The molecule has 0 spiro atoms. The van der Waals surface area contributed by atoms with Gasteiger partial charge in [-0.05, 0) is 0 Å². The van der Waals surface area contributed by atoms with Crippen molar-refractivity contribution >= 4 is 23.5 Å². The van der Waals surface area contributed by atoms with Crippen molar-refractivity contribution in [3.05, 3.63) is 0 Å². The molecule has 0 aromatic heterocycles. The first-order valence-corrected chi connectivity index (χ1v) is 13.3. The van der Waals surface area contributed by atoms with Crippen molar-refractivity contribution in [2.24, 2.45) is 0 Å². The molecule has 19 nitrogen and oxygen atoms in total. The van der Waals surface area contributed by atoms with Gasteiger partial charge in [0.15, 0.2) is 12.6 Å². The summed E-state index contributed by atoms with van der Waals surface area (Å²) in [5, 5.41) is 39.2. The van der Waals surface area contributed by atoms with Crippen LogP contribution < -0.4 is 0 Å². The Balaban J connectivity index is 2.36. The van der Waals surface area contributed by atoms with Gasteiger partial charge in [0.05, 0.1) is 13.2 Å². The Bertz CT molecular complexity index is 790.